The lowest BCUT2D eigenvalue weighted by Crippen LogP contribution is -1.91. The van der Waals surface area contributed by atoms with Crippen molar-refractivity contribution in [1.82, 2.24) is 0 Å². The highest BCUT2D eigenvalue weighted by atomic mass is 16.6. The van der Waals surface area contributed by atoms with Crippen LogP contribution in [0.25, 0.3) is 0 Å². The minimum Gasteiger partial charge on any atom is -0.475 e. The molecule has 0 spiro atoms. The van der Waals surface area contributed by atoms with Crippen molar-refractivity contribution >= 4 is 5.97 Å². The molecule has 4 heteroatoms. The first-order valence-electron chi connectivity index (χ1n) is 5.85. The summed E-state index contributed by atoms with van der Waals surface area (Å²) in [6.45, 7) is 0. The molecule has 0 bridgehead atoms. The zero-order valence-corrected chi connectivity index (χ0v) is 9.68. The van der Waals surface area contributed by atoms with Gasteiger partial charge in [-0.1, -0.05) is 6.07 Å². The first-order valence-corrected chi connectivity index (χ1v) is 5.85. The predicted molar refractivity (Wildman–Crippen MR) is 64.2 cm³/mol. The van der Waals surface area contributed by atoms with E-state index in [-0.39, 0.29) is 11.7 Å². The van der Waals surface area contributed by atoms with Gasteiger partial charge in [-0.15, -0.1) is 0 Å². The van der Waals surface area contributed by atoms with E-state index in [4.69, 9.17) is 14.3 Å². The largest absolute Gasteiger partial charge is 0.475 e. The lowest BCUT2D eigenvalue weighted by molar-refractivity contribution is 0.0657. The van der Waals surface area contributed by atoms with Crippen LogP contribution in [0.15, 0.2) is 34.7 Å². The number of aromatic carboxylic acids is 1. The molecule has 0 atom stereocenters. The normalized spacial score (nSPS) is 13.3. The Balaban J connectivity index is 1.81. The van der Waals surface area contributed by atoms with E-state index in [1.54, 1.807) is 0 Å². The topological polar surface area (TPSA) is 59.7 Å². The van der Waals surface area contributed by atoms with Crippen molar-refractivity contribution in [2.24, 2.45) is 0 Å². The van der Waals surface area contributed by atoms with Crippen molar-refractivity contribution in [3.05, 3.63) is 47.2 Å². The average Bonchev–Trinajstić information content (AvgIpc) is 2.96. The summed E-state index contributed by atoms with van der Waals surface area (Å²) in [5, 5.41) is 8.74. The van der Waals surface area contributed by atoms with Gasteiger partial charge in [0.2, 0.25) is 5.76 Å². The maximum absolute atomic E-state index is 10.7. The van der Waals surface area contributed by atoms with Crippen molar-refractivity contribution in [1.29, 1.82) is 0 Å². The highest BCUT2D eigenvalue weighted by Crippen LogP contribution is 2.29. The monoisotopic (exact) mass is 244 g/mol. The Morgan fingerprint density at radius 3 is 2.78 bits per heavy atom. The van der Waals surface area contributed by atoms with Gasteiger partial charge in [-0.25, -0.2) is 4.79 Å². The average molecular weight is 244 g/mol. The number of aryl methyl sites for hydroxylation is 2. The molecule has 18 heavy (non-hydrogen) atoms. The summed E-state index contributed by atoms with van der Waals surface area (Å²) in [6, 6.07) is 8.82. The number of rotatable bonds is 3. The predicted octanol–water partition coefficient (Wildman–Crippen LogP) is 3.26. The van der Waals surface area contributed by atoms with Crippen molar-refractivity contribution < 1.29 is 19.1 Å². The van der Waals surface area contributed by atoms with E-state index in [0.717, 1.165) is 12.8 Å². The maximum atomic E-state index is 10.7. The molecule has 0 amide bonds. The van der Waals surface area contributed by atoms with E-state index in [0.29, 0.717) is 5.75 Å². The molecule has 0 aliphatic heterocycles. The molecule has 4 nitrogen and oxygen atoms in total. The molecular weight excluding hydrogens is 232 g/mol. The van der Waals surface area contributed by atoms with Crippen LogP contribution in [0.3, 0.4) is 0 Å². The van der Waals surface area contributed by atoms with Crippen LogP contribution in [-0.4, -0.2) is 11.1 Å². The summed E-state index contributed by atoms with van der Waals surface area (Å²) in [5.41, 5.74) is 2.67. The van der Waals surface area contributed by atoms with E-state index in [9.17, 15) is 4.79 Å². The fraction of sp³-hybridized carbons (Fsp3) is 0.214. The van der Waals surface area contributed by atoms with Gasteiger partial charge >= 0.3 is 5.97 Å². The molecule has 1 aromatic heterocycles. The summed E-state index contributed by atoms with van der Waals surface area (Å²) in [6.07, 6.45) is 3.38. The van der Waals surface area contributed by atoms with Gasteiger partial charge in [0, 0.05) is 6.07 Å². The smallest absolute Gasteiger partial charge is 0.371 e. The van der Waals surface area contributed by atoms with Crippen LogP contribution in [0.4, 0.5) is 0 Å². The summed E-state index contributed by atoms with van der Waals surface area (Å²) in [7, 11) is 0. The van der Waals surface area contributed by atoms with Crippen molar-refractivity contribution in [2.75, 3.05) is 0 Å². The molecule has 0 saturated carbocycles. The Hall–Kier alpha value is -2.23. The number of fused-ring (bicyclic) bond motifs is 1. The first kappa shape index (κ1) is 10.9. The van der Waals surface area contributed by atoms with Crippen molar-refractivity contribution in [2.45, 2.75) is 19.3 Å². The zero-order chi connectivity index (χ0) is 12.5. The summed E-state index contributed by atoms with van der Waals surface area (Å²) >= 11 is 0. The molecule has 1 aromatic carbocycles. The van der Waals surface area contributed by atoms with E-state index >= 15 is 0 Å². The molecule has 1 heterocycles. The molecule has 92 valence electrons. The Labute approximate surface area is 104 Å². The van der Waals surface area contributed by atoms with Crippen LogP contribution in [-0.2, 0) is 12.8 Å². The molecular formula is C14H12O4. The number of carbonyl (C=O) groups is 1. The van der Waals surface area contributed by atoms with Crippen molar-refractivity contribution in [3.8, 4) is 11.7 Å². The van der Waals surface area contributed by atoms with Crippen LogP contribution < -0.4 is 4.74 Å². The molecule has 0 unspecified atom stereocenters. The van der Waals surface area contributed by atoms with Gasteiger partial charge < -0.3 is 14.3 Å². The minimum atomic E-state index is -1.10. The van der Waals surface area contributed by atoms with Crippen molar-refractivity contribution in [3.63, 3.8) is 0 Å². The van der Waals surface area contributed by atoms with Gasteiger partial charge in [0.15, 0.2) is 0 Å². The second-order valence-electron chi connectivity index (χ2n) is 4.31. The number of hydrogen-bond donors (Lipinski definition) is 1. The fourth-order valence-corrected chi connectivity index (χ4v) is 2.22. The third kappa shape index (κ3) is 1.97. The summed E-state index contributed by atoms with van der Waals surface area (Å²) < 4.78 is 10.6. The van der Waals surface area contributed by atoms with Crippen LogP contribution in [0.2, 0.25) is 0 Å². The van der Waals surface area contributed by atoms with Gasteiger partial charge in [-0.05, 0) is 48.6 Å². The Bertz CT molecular complexity index is 598. The number of furan rings is 1. The fourth-order valence-electron chi connectivity index (χ4n) is 2.22. The minimum absolute atomic E-state index is 0.119. The van der Waals surface area contributed by atoms with Gasteiger partial charge in [-0.3, -0.25) is 0 Å². The molecule has 1 aliphatic rings. The van der Waals surface area contributed by atoms with Gasteiger partial charge in [0.25, 0.3) is 5.95 Å². The standard InChI is InChI=1S/C14H12O4/c15-14(16)12-6-7-13(18-12)17-11-5-4-9-2-1-3-10(9)8-11/h4-8H,1-3H2,(H,15,16). The van der Waals surface area contributed by atoms with Gasteiger partial charge in [-0.2, -0.15) is 0 Å². The van der Waals surface area contributed by atoms with E-state index in [2.05, 4.69) is 6.07 Å². The third-order valence-corrected chi connectivity index (χ3v) is 3.08. The third-order valence-electron chi connectivity index (χ3n) is 3.08. The second-order valence-corrected chi connectivity index (χ2v) is 4.31. The summed E-state index contributed by atoms with van der Waals surface area (Å²) in [4.78, 5) is 10.7. The van der Waals surface area contributed by atoms with Gasteiger partial charge in [0.05, 0.1) is 0 Å². The molecule has 1 N–H and O–H groups in total. The van der Waals surface area contributed by atoms with E-state index in [1.165, 1.54) is 29.7 Å². The van der Waals surface area contributed by atoms with E-state index < -0.39 is 5.97 Å². The van der Waals surface area contributed by atoms with Crippen LogP contribution in [0.1, 0.15) is 28.1 Å². The zero-order valence-electron chi connectivity index (χ0n) is 9.68. The quantitative estimate of drug-likeness (QED) is 0.900. The molecule has 2 aromatic rings. The number of hydrogen-bond acceptors (Lipinski definition) is 3. The molecule has 0 radical (unpaired) electrons. The maximum Gasteiger partial charge on any atom is 0.371 e. The Morgan fingerprint density at radius 2 is 2.00 bits per heavy atom. The first-order chi connectivity index (χ1) is 8.72. The number of carboxylic acid groups (broad SMARTS) is 1. The number of ether oxygens (including phenoxy) is 1. The van der Waals surface area contributed by atoms with Crippen LogP contribution in [0.5, 0.6) is 11.7 Å². The summed E-state index contributed by atoms with van der Waals surface area (Å²) in [5.74, 6) is -0.336. The Kier molecular flexibility index (Phi) is 2.55. The number of carboxylic acids is 1. The van der Waals surface area contributed by atoms with E-state index in [1.807, 2.05) is 12.1 Å². The lowest BCUT2D eigenvalue weighted by Gasteiger charge is -2.04. The Morgan fingerprint density at radius 1 is 1.17 bits per heavy atom. The number of benzene rings is 1. The molecule has 3 rings (SSSR count). The highest BCUT2D eigenvalue weighted by Gasteiger charge is 2.13. The molecule has 0 fully saturated rings. The van der Waals surface area contributed by atoms with Gasteiger partial charge in [0.1, 0.15) is 5.75 Å². The SMILES string of the molecule is O=C(O)c1ccc(Oc2ccc3c(c2)CCC3)o1. The highest BCUT2D eigenvalue weighted by molar-refractivity contribution is 5.84. The van der Waals surface area contributed by atoms with Crippen LogP contribution >= 0.6 is 0 Å². The molecule has 0 saturated heterocycles. The molecule has 1 aliphatic carbocycles. The lowest BCUT2D eigenvalue weighted by atomic mass is 10.1. The van der Waals surface area contributed by atoms with Crippen LogP contribution in [0, 0.1) is 0 Å². The second kappa shape index (κ2) is 4.22.